The molecule has 1 aromatic rings. The van der Waals surface area contributed by atoms with E-state index in [9.17, 15) is 0 Å². The highest BCUT2D eigenvalue weighted by molar-refractivity contribution is 5.76. The van der Waals surface area contributed by atoms with Gasteiger partial charge in [0.15, 0.2) is 0 Å². The number of para-hydroxylation sites is 1. The number of rotatable bonds is 2. The van der Waals surface area contributed by atoms with Crippen LogP contribution < -0.4 is 15.8 Å². The first-order valence-corrected chi connectivity index (χ1v) is 4.85. The third kappa shape index (κ3) is 1.81. The Labute approximate surface area is 89.2 Å². The average molecular weight is 202 g/mol. The summed E-state index contributed by atoms with van der Waals surface area (Å²) in [6, 6.07) is 7.89. The number of benzene rings is 1. The van der Waals surface area contributed by atoms with Crippen LogP contribution in [-0.2, 0) is 0 Å². The number of hydrogen-bond acceptors (Lipinski definition) is 3. The highest BCUT2D eigenvalue weighted by Gasteiger charge is 2.11. The van der Waals surface area contributed by atoms with Gasteiger partial charge < -0.3 is 15.8 Å². The Morgan fingerprint density at radius 1 is 1.33 bits per heavy atom. The molecule has 15 heavy (non-hydrogen) atoms. The minimum absolute atomic E-state index is 0.739. The van der Waals surface area contributed by atoms with Gasteiger partial charge in [-0.1, -0.05) is 18.2 Å². The van der Waals surface area contributed by atoms with Gasteiger partial charge in [0.05, 0.1) is 7.11 Å². The molecule has 0 bridgehead atoms. The molecule has 3 heteroatoms. The van der Waals surface area contributed by atoms with Crippen molar-refractivity contribution in [2.45, 2.75) is 0 Å². The number of allylic oxidation sites excluding steroid dienone is 1. The van der Waals surface area contributed by atoms with Crippen LogP contribution in [0.3, 0.4) is 0 Å². The molecule has 1 heterocycles. The zero-order valence-electron chi connectivity index (χ0n) is 8.66. The first-order chi connectivity index (χ1) is 7.33. The molecule has 0 radical (unpaired) electrons. The van der Waals surface area contributed by atoms with Crippen LogP contribution in [0.2, 0.25) is 0 Å². The van der Waals surface area contributed by atoms with E-state index in [4.69, 9.17) is 10.5 Å². The zero-order valence-corrected chi connectivity index (χ0v) is 8.66. The quantitative estimate of drug-likeness (QED) is 0.763. The van der Waals surface area contributed by atoms with Gasteiger partial charge in [-0.2, -0.15) is 0 Å². The fraction of sp³-hybridized carbons (Fsp3) is 0.167. The van der Waals surface area contributed by atoms with Gasteiger partial charge in [-0.15, -0.1) is 0 Å². The summed E-state index contributed by atoms with van der Waals surface area (Å²) < 4.78 is 5.31. The summed E-state index contributed by atoms with van der Waals surface area (Å²) in [6.07, 6.45) is 3.72. The summed E-state index contributed by atoms with van der Waals surface area (Å²) in [7, 11) is 1.67. The van der Waals surface area contributed by atoms with Crippen LogP contribution in [0.1, 0.15) is 5.56 Å². The maximum absolute atomic E-state index is 5.93. The largest absolute Gasteiger partial charge is 0.496 e. The van der Waals surface area contributed by atoms with Gasteiger partial charge in [0, 0.05) is 23.4 Å². The van der Waals surface area contributed by atoms with Crippen LogP contribution in [0.4, 0.5) is 0 Å². The molecule has 2 rings (SSSR count). The summed E-state index contributed by atoms with van der Waals surface area (Å²) in [6.45, 7) is 0.739. The van der Waals surface area contributed by atoms with Gasteiger partial charge in [-0.05, 0) is 18.3 Å². The Balaban J connectivity index is 2.48. The van der Waals surface area contributed by atoms with Crippen molar-refractivity contribution in [3.8, 4) is 5.75 Å². The fourth-order valence-corrected chi connectivity index (χ4v) is 1.66. The number of dihydropyridines is 1. The maximum atomic E-state index is 5.93. The molecular weight excluding hydrogens is 188 g/mol. The predicted molar refractivity (Wildman–Crippen MR) is 61.2 cm³/mol. The highest BCUT2D eigenvalue weighted by Crippen LogP contribution is 2.27. The molecule has 1 aromatic carbocycles. The monoisotopic (exact) mass is 202 g/mol. The first kappa shape index (κ1) is 9.65. The molecule has 0 saturated carbocycles. The van der Waals surface area contributed by atoms with E-state index in [-0.39, 0.29) is 0 Å². The second-order valence-electron chi connectivity index (χ2n) is 3.35. The second-order valence-corrected chi connectivity index (χ2v) is 3.35. The van der Waals surface area contributed by atoms with E-state index in [1.54, 1.807) is 7.11 Å². The molecule has 1 aliphatic heterocycles. The van der Waals surface area contributed by atoms with Crippen LogP contribution in [0, 0.1) is 0 Å². The first-order valence-electron chi connectivity index (χ1n) is 4.85. The molecule has 0 unspecified atom stereocenters. The lowest BCUT2D eigenvalue weighted by molar-refractivity contribution is 0.413. The topological polar surface area (TPSA) is 47.3 Å². The molecule has 0 spiro atoms. The number of nitrogens with two attached hydrogens (primary N) is 1. The number of hydrogen-bond donors (Lipinski definition) is 2. The standard InChI is InChI=1S/C12H14N2O/c1-15-12-5-3-2-4-9(12)10-8-14-7-6-11(10)13/h2-7,14H,8,13H2,1H3. The lowest BCUT2D eigenvalue weighted by atomic mass is 10.0. The minimum atomic E-state index is 0.739. The van der Waals surface area contributed by atoms with Crippen LogP contribution in [-0.4, -0.2) is 13.7 Å². The summed E-state index contributed by atoms with van der Waals surface area (Å²) >= 11 is 0. The van der Waals surface area contributed by atoms with Crippen LogP contribution in [0.5, 0.6) is 5.75 Å². The van der Waals surface area contributed by atoms with Crippen LogP contribution in [0.15, 0.2) is 42.2 Å². The molecular formula is C12H14N2O. The van der Waals surface area contributed by atoms with Crippen molar-refractivity contribution in [3.63, 3.8) is 0 Å². The van der Waals surface area contributed by atoms with Crippen molar-refractivity contribution >= 4 is 5.57 Å². The van der Waals surface area contributed by atoms with Gasteiger partial charge in [0.2, 0.25) is 0 Å². The number of methoxy groups -OCH3 is 1. The van der Waals surface area contributed by atoms with E-state index in [1.807, 2.05) is 36.5 Å². The Hall–Kier alpha value is -1.90. The Kier molecular flexibility index (Phi) is 2.63. The SMILES string of the molecule is COc1ccccc1C1=C(N)C=CNC1. The van der Waals surface area contributed by atoms with E-state index in [2.05, 4.69) is 5.32 Å². The highest BCUT2D eigenvalue weighted by atomic mass is 16.5. The molecule has 0 saturated heterocycles. The van der Waals surface area contributed by atoms with E-state index < -0.39 is 0 Å². The van der Waals surface area contributed by atoms with E-state index in [0.717, 1.165) is 29.1 Å². The lowest BCUT2D eigenvalue weighted by Gasteiger charge is -2.17. The summed E-state index contributed by atoms with van der Waals surface area (Å²) in [5.74, 6) is 0.854. The molecule has 0 amide bonds. The van der Waals surface area contributed by atoms with Gasteiger partial charge >= 0.3 is 0 Å². The lowest BCUT2D eigenvalue weighted by Crippen LogP contribution is -2.18. The van der Waals surface area contributed by atoms with Gasteiger partial charge in [-0.3, -0.25) is 0 Å². The van der Waals surface area contributed by atoms with Crippen molar-refractivity contribution in [1.82, 2.24) is 5.32 Å². The predicted octanol–water partition coefficient (Wildman–Crippen LogP) is 1.48. The van der Waals surface area contributed by atoms with Crippen molar-refractivity contribution < 1.29 is 4.74 Å². The third-order valence-corrected chi connectivity index (χ3v) is 2.44. The minimum Gasteiger partial charge on any atom is -0.496 e. The fourth-order valence-electron chi connectivity index (χ4n) is 1.66. The molecule has 3 nitrogen and oxygen atoms in total. The van der Waals surface area contributed by atoms with Gasteiger partial charge in [0.1, 0.15) is 5.75 Å². The molecule has 0 aromatic heterocycles. The Morgan fingerprint density at radius 3 is 2.87 bits per heavy atom. The molecule has 3 N–H and O–H groups in total. The zero-order chi connectivity index (χ0) is 10.7. The van der Waals surface area contributed by atoms with Crippen molar-refractivity contribution in [2.24, 2.45) is 5.73 Å². The smallest absolute Gasteiger partial charge is 0.126 e. The van der Waals surface area contributed by atoms with Crippen molar-refractivity contribution in [1.29, 1.82) is 0 Å². The van der Waals surface area contributed by atoms with E-state index in [0.29, 0.717) is 0 Å². The summed E-state index contributed by atoms with van der Waals surface area (Å²) in [4.78, 5) is 0. The summed E-state index contributed by atoms with van der Waals surface area (Å²) in [5, 5.41) is 3.14. The van der Waals surface area contributed by atoms with E-state index >= 15 is 0 Å². The molecule has 78 valence electrons. The molecule has 0 fully saturated rings. The van der Waals surface area contributed by atoms with Crippen molar-refractivity contribution in [3.05, 3.63) is 47.8 Å². The summed E-state index contributed by atoms with van der Waals surface area (Å²) in [5.41, 5.74) is 8.85. The molecule has 0 atom stereocenters. The van der Waals surface area contributed by atoms with Crippen LogP contribution in [0.25, 0.3) is 5.57 Å². The molecule has 0 aliphatic carbocycles. The Bertz CT molecular complexity index is 421. The van der Waals surface area contributed by atoms with Gasteiger partial charge in [0.25, 0.3) is 0 Å². The van der Waals surface area contributed by atoms with Crippen molar-refractivity contribution in [2.75, 3.05) is 13.7 Å². The molecule has 1 aliphatic rings. The average Bonchev–Trinajstić information content (AvgIpc) is 2.30. The third-order valence-electron chi connectivity index (χ3n) is 2.44. The number of ether oxygens (including phenoxy) is 1. The Morgan fingerprint density at radius 2 is 2.13 bits per heavy atom. The van der Waals surface area contributed by atoms with Gasteiger partial charge in [-0.25, -0.2) is 0 Å². The van der Waals surface area contributed by atoms with E-state index in [1.165, 1.54) is 0 Å². The normalized spacial score (nSPS) is 15.0. The van der Waals surface area contributed by atoms with Crippen LogP contribution >= 0.6 is 0 Å². The second kappa shape index (κ2) is 4.09. The maximum Gasteiger partial charge on any atom is 0.126 e. The number of nitrogens with one attached hydrogen (secondary N) is 1.